The molecule has 0 saturated carbocycles. The van der Waals surface area contributed by atoms with Crippen molar-refractivity contribution in [1.29, 1.82) is 0 Å². The fourth-order valence-corrected chi connectivity index (χ4v) is 3.11. The average molecular weight is 355 g/mol. The molecule has 0 saturated heterocycles. The summed E-state index contributed by atoms with van der Waals surface area (Å²) in [4.78, 5) is 12.0. The van der Waals surface area contributed by atoms with Crippen molar-refractivity contribution >= 4 is 36.4 Å². The number of rotatable bonds is 8. The second-order valence-corrected chi connectivity index (χ2v) is 8.70. The molecule has 0 aliphatic heterocycles. The summed E-state index contributed by atoms with van der Waals surface area (Å²) in [5, 5.41) is 2.69. The van der Waals surface area contributed by atoms with Gasteiger partial charge in [0.25, 0.3) is 15.0 Å². The lowest BCUT2D eigenvalue weighted by Crippen LogP contribution is -2.27. The van der Waals surface area contributed by atoms with Gasteiger partial charge >= 0.3 is 0 Å². The van der Waals surface area contributed by atoms with Crippen LogP contribution in [0.5, 0.6) is 0 Å². The minimum atomic E-state index is -3.86. The summed E-state index contributed by atoms with van der Waals surface area (Å²) in [5.74, 6) is 0.147. The summed E-state index contributed by atoms with van der Waals surface area (Å²) in [6.07, 6.45) is 4.32. The van der Waals surface area contributed by atoms with E-state index >= 15 is 0 Å². The molecule has 21 heavy (non-hydrogen) atoms. The van der Waals surface area contributed by atoms with E-state index in [1.54, 1.807) is 10.8 Å². The Labute approximate surface area is 131 Å². The molecule has 1 aromatic rings. The van der Waals surface area contributed by atoms with E-state index in [1.807, 2.05) is 6.92 Å². The lowest BCUT2D eigenvalue weighted by Gasteiger charge is -2.08. The molecule has 0 spiro atoms. The second kappa shape index (κ2) is 7.95. The smallest absolute Gasteiger partial charge is 0.267 e. The Morgan fingerprint density at radius 3 is 2.67 bits per heavy atom. The molecular weight excluding hydrogens is 336 g/mol. The quantitative estimate of drug-likeness (QED) is 0.563. The monoisotopic (exact) mass is 354 g/mol. The number of hydrogen-bond acceptors (Lipinski definition) is 4. The molecule has 1 N–H and O–H groups in total. The van der Waals surface area contributed by atoms with Crippen molar-refractivity contribution in [3.63, 3.8) is 0 Å². The van der Waals surface area contributed by atoms with E-state index in [-0.39, 0.29) is 16.5 Å². The molecule has 1 unspecified atom stereocenters. The van der Waals surface area contributed by atoms with Crippen LogP contribution in [0.25, 0.3) is 0 Å². The third kappa shape index (κ3) is 5.80. The van der Waals surface area contributed by atoms with Gasteiger partial charge in [-0.1, -0.05) is 6.92 Å². The zero-order valence-corrected chi connectivity index (χ0v) is 14.4. The van der Waals surface area contributed by atoms with Crippen molar-refractivity contribution < 1.29 is 17.4 Å². The summed E-state index contributed by atoms with van der Waals surface area (Å²) in [6.45, 7) is 2.83. The van der Waals surface area contributed by atoms with Crippen LogP contribution in [-0.2, 0) is 26.4 Å². The molecule has 0 radical (unpaired) electrons. The van der Waals surface area contributed by atoms with Crippen molar-refractivity contribution in [2.24, 2.45) is 0 Å². The minimum absolute atomic E-state index is 0.0857. The predicted molar refractivity (Wildman–Crippen MR) is 83.6 cm³/mol. The maximum Gasteiger partial charge on any atom is 0.267 e. The third-order valence-electron chi connectivity index (χ3n) is 2.74. The number of nitrogens with zero attached hydrogens (tertiary/aromatic N) is 1. The van der Waals surface area contributed by atoms with E-state index in [4.69, 9.17) is 10.7 Å². The first kappa shape index (κ1) is 18.2. The number of hydrogen-bond donors (Lipinski definition) is 1. The third-order valence-corrected chi connectivity index (χ3v) is 4.93. The first-order valence-electron chi connectivity index (χ1n) is 6.48. The lowest BCUT2D eigenvalue weighted by molar-refractivity contribution is 0.0944. The van der Waals surface area contributed by atoms with Crippen molar-refractivity contribution in [2.45, 2.75) is 31.2 Å². The van der Waals surface area contributed by atoms with E-state index < -0.39 is 19.9 Å². The second-order valence-electron chi connectivity index (χ2n) is 4.58. The largest absolute Gasteiger partial charge is 0.351 e. The van der Waals surface area contributed by atoms with E-state index in [1.165, 1.54) is 12.3 Å². The van der Waals surface area contributed by atoms with Crippen molar-refractivity contribution in [2.75, 3.05) is 18.6 Å². The van der Waals surface area contributed by atoms with Gasteiger partial charge < -0.3 is 9.88 Å². The molecule has 1 atom stereocenters. The molecule has 1 heterocycles. The Morgan fingerprint density at radius 1 is 1.48 bits per heavy atom. The number of nitrogens with one attached hydrogen (secondary N) is 1. The van der Waals surface area contributed by atoms with Crippen molar-refractivity contribution in [3.8, 4) is 0 Å². The van der Waals surface area contributed by atoms with Crippen LogP contribution in [0.2, 0.25) is 0 Å². The summed E-state index contributed by atoms with van der Waals surface area (Å²) >= 11 is 0. The van der Waals surface area contributed by atoms with Gasteiger partial charge in [0, 0.05) is 52.8 Å². The van der Waals surface area contributed by atoms with Gasteiger partial charge in [0.05, 0.1) is 0 Å². The number of aromatic nitrogens is 1. The SMILES string of the molecule is CCCn1cc(S(=O)(=O)Cl)cc1C(=O)NCCCS(C)=O. The molecule has 6 nitrogen and oxygen atoms in total. The highest BCUT2D eigenvalue weighted by Gasteiger charge is 2.19. The van der Waals surface area contributed by atoms with Crippen LogP contribution in [-0.4, -0.2) is 41.7 Å². The minimum Gasteiger partial charge on any atom is -0.351 e. The molecule has 0 bridgehead atoms. The molecule has 9 heteroatoms. The highest BCUT2D eigenvalue weighted by atomic mass is 35.7. The highest BCUT2D eigenvalue weighted by Crippen LogP contribution is 2.19. The first-order valence-corrected chi connectivity index (χ1v) is 10.5. The van der Waals surface area contributed by atoms with Crippen LogP contribution in [0.3, 0.4) is 0 Å². The van der Waals surface area contributed by atoms with Gasteiger partial charge in [0.15, 0.2) is 0 Å². The van der Waals surface area contributed by atoms with E-state index in [0.29, 0.717) is 25.3 Å². The van der Waals surface area contributed by atoms with Gasteiger partial charge in [-0.05, 0) is 18.9 Å². The topological polar surface area (TPSA) is 85.2 Å². The summed E-state index contributed by atoms with van der Waals surface area (Å²) in [5.41, 5.74) is 0.258. The van der Waals surface area contributed by atoms with E-state index in [0.717, 1.165) is 6.42 Å². The van der Waals surface area contributed by atoms with Gasteiger partial charge in [-0.15, -0.1) is 0 Å². The Kier molecular flexibility index (Phi) is 6.89. The fourth-order valence-electron chi connectivity index (χ4n) is 1.80. The van der Waals surface area contributed by atoms with E-state index in [9.17, 15) is 17.4 Å². The van der Waals surface area contributed by atoms with Crippen LogP contribution in [0.15, 0.2) is 17.2 Å². The molecule has 0 fully saturated rings. The summed E-state index contributed by atoms with van der Waals surface area (Å²) in [6, 6.07) is 1.27. The summed E-state index contributed by atoms with van der Waals surface area (Å²) < 4.78 is 35.2. The van der Waals surface area contributed by atoms with Crippen molar-refractivity contribution in [1.82, 2.24) is 9.88 Å². The standard InChI is InChI=1S/C12H19ClN2O4S2/c1-3-6-15-9-10(21(13,18)19)8-11(15)12(16)14-5-4-7-20(2)17/h8-9H,3-7H2,1-2H3,(H,14,16). The molecule has 1 amide bonds. The zero-order chi connectivity index (χ0) is 16.0. The predicted octanol–water partition coefficient (Wildman–Crippen LogP) is 1.32. The van der Waals surface area contributed by atoms with Gasteiger partial charge in [-0.3, -0.25) is 9.00 Å². The Balaban J connectivity index is 2.82. The van der Waals surface area contributed by atoms with Gasteiger partial charge in [-0.2, -0.15) is 0 Å². The lowest BCUT2D eigenvalue weighted by atomic mass is 10.3. The molecule has 0 aromatic carbocycles. The number of amides is 1. The average Bonchev–Trinajstić information content (AvgIpc) is 2.78. The first-order chi connectivity index (χ1) is 9.75. The van der Waals surface area contributed by atoms with Crippen LogP contribution in [0.4, 0.5) is 0 Å². The normalized spacial score (nSPS) is 13.1. The highest BCUT2D eigenvalue weighted by molar-refractivity contribution is 8.13. The fraction of sp³-hybridized carbons (Fsp3) is 0.583. The van der Waals surface area contributed by atoms with E-state index in [2.05, 4.69) is 5.32 Å². The molecule has 120 valence electrons. The molecule has 1 aromatic heterocycles. The maximum absolute atomic E-state index is 12.1. The Bertz CT molecular complexity index is 625. The van der Waals surface area contributed by atoms with Gasteiger partial charge in [0.1, 0.15) is 10.6 Å². The van der Waals surface area contributed by atoms with Gasteiger partial charge in [0.2, 0.25) is 0 Å². The van der Waals surface area contributed by atoms with Crippen molar-refractivity contribution in [3.05, 3.63) is 18.0 Å². The molecular formula is C12H19ClN2O4S2. The number of aryl methyl sites for hydroxylation is 1. The number of carbonyl (C=O) groups is 1. The number of carbonyl (C=O) groups excluding carboxylic acids is 1. The number of halogens is 1. The van der Waals surface area contributed by atoms with Gasteiger partial charge in [-0.25, -0.2) is 8.42 Å². The van der Waals surface area contributed by atoms with Crippen LogP contribution in [0, 0.1) is 0 Å². The van der Waals surface area contributed by atoms with Crippen LogP contribution >= 0.6 is 10.7 Å². The Morgan fingerprint density at radius 2 is 2.14 bits per heavy atom. The molecule has 1 rings (SSSR count). The Hall–Kier alpha value is -0.860. The summed E-state index contributed by atoms with van der Waals surface area (Å²) in [7, 11) is 0.549. The van der Waals surface area contributed by atoms with Crippen LogP contribution < -0.4 is 5.32 Å². The van der Waals surface area contributed by atoms with Crippen LogP contribution in [0.1, 0.15) is 30.3 Å². The molecule has 0 aliphatic rings. The maximum atomic E-state index is 12.1. The zero-order valence-electron chi connectivity index (χ0n) is 12.0. The molecule has 0 aliphatic carbocycles.